The summed E-state index contributed by atoms with van der Waals surface area (Å²) in [5.74, 6) is 0. The van der Waals surface area contributed by atoms with Crippen molar-refractivity contribution in [1.82, 2.24) is 0 Å². The van der Waals surface area contributed by atoms with Gasteiger partial charge in [0.2, 0.25) is 3.79 Å². The van der Waals surface area contributed by atoms with Crippen LogP contribution >= 0.6 is 47.0 Å². The maximum Gasteiger partial charge on any atom is 0.216 e. The molecule has 19 heavy (non-hydrogen) atoms. The van der Waals surface area contributed by atoms with Crippen molar-refractivity contribution >= 4 is 52.0 Å². The molecule has 0 aromatic heterocycles. The number of benzene rings is 2. The SMILES string of the molecule is NC(=S)c1ccccc1-c1ccc(C(Cl)(Cl)Cl)cc1. The van der Waals surface area contributed by atoms with E-state index in [9.17, 15) is 0 Å². The van der Waals surface area contributed by atoms with Crippen molar-refractivity contribution in [2.45, 2.75) is 3.79 Å². The van der Waals surface area contributed by atoms with E-state index in [1.54, 1.807) is 12.1 Å². The van der Waals surface area contributed by atoms with Crippen molar-refractivity contribution < 1.29 is 0 Å². The average Bonchev–Trinajstić information content (AvgIpc) is 2.38. The van der Waals surface area contributed by atoms with Gasteiger partial charge in [0.1, 0.15) is 4.99 Å². The van der Waals surface area contributed by atoms with Crippen LogP contribution in [0.1, 0.15) is 11.1 Å². The minimum Gasteiger partial charge on any atom is -0.389 e. The van der Waals surface area contributed by atoms with E-state index < -0.39 is 3.79 Å². The van der Waals surface area contributed by atoms with Crippen LogP contribution in [0.4, 0.5) is 0 Å². The number of hydrogen-bond donors (Lipinski definition) is 1. The molecule has 0 atom stereocenters. The summed E-state index contributed by atoms with van der Waals surface area (Å²) in [6, 6.07) is 15.0. The molecule has 0 spiro atoms. The molecule has 0 heterocycles. The Balaban J connectivity index is 2.46. The minimum absolute atomic E-state index is 0.362. The topological polar surface area (TPSA) is 26.0 Å². The van der Waals surface area contributed by atoms with Crippen LogP contribution in [-0.2, 0) is 3.79 Å². The molecule has 2 N–H and O–H groups in total. The predicted molar refractivity (Wildman–Crippen MR) is 87.0 cm³/mol. The van der Waals surface area contributed by atoms with Gasteiger partial charge in [0, 0.05) is 11.1 Å². The highest BCUT2D eigenvalue weighted by atomic mass is 35.6. The van der Waals surface area contributed by atoms with Crippen molar-refractivity contribution in [3.05, 3.63) is 59.7 Å². The van der Waals surface area contributed by atoms with E-state index in [-0.39, 0.29) is 0 Å². The highest BCUT2D eigenvalue weighted by Crippen LogP contribution is 2.38. The van der Waals surface area contributed by atoms with Crippen LogP contribution in [-0.4, -0.2) is 4.99 Å². The smallest absolute Gasteiger partial charge is 0.216 e. The van der Waals surface area contributed by atoms with Crippen LogP contribution in [0.25, 0.3) is 11.1 Å². The zero-order valence-corrected chi connectivity index (χ0v) is 12.8. The van der Waals surface area contributed by atoms with Gasteiger partial charge in [-0.1, -0.05) is 95.6 Å². The lowest BCUT2D eigenvalue weighted by atomic mass is 9.99. The Hall–Kier alpha value is -0.800. The molecule has 0 saturated heterocycles. The van der Waals surface area contributed by atoms with Crippen molar-refractivity contribution in [1.29, 1.82) is 0 Å². The maximum atomic E-state index is 5.83. The number of alkyl halides is 3. The second kappa shape index (κ2) is 5.68. The normalized spacial score (nSPS) is 11.3. The summed E-state index contributed by atoms with van der Waals surface area (Å²) >= 11 is 22.5. The van der Waals surface area contributed by atoms with Gasteiger partial charge in [0.25, 0.3) is 0 Å². The lowest BCUT2D eigenvalue weighted by Crippen LogP contribution is -2.10. The van der Waals surface area contributed by atoms with Gasteiger partial charge in [-0.15, -0.1) is 0 Å². The van der Waals surface area contributed by atoms with Gasteiger partial charge in [0.05, 0.1) is 0 Å². The van der Waals surface area contributed by atoms with E-state index in [0.29, 0.717) is 10.6 Å². The molecule has 0 aliphatic rings. The summed E-state index contributed by atoms with van der Waals surface area (Å²) < 4.78 is -1.42. The summed E-state index contributed by atoms with van der Waals surface area (Å²) in [5, 5.41) is 0. The summed E-state index contributed by atoms with van der Waals surface area (Å²) in [5.41, 5.74) is 9.11. The maximum absolute atomic E-state index is 5.83. The number of halogens is 3. The molecule has 0 amide bonds. The molecule has 0 saturated carbocycles. The van der Waals surface area contributed by atoms with Crippen molar-refractivity contribution in [2.75, 3.05) is 0 Å². The van der Waals surface area contributed by atoms with Crippen molar-refractivity contribution in [3.63, 3.8) is 0 Å². The molecule has 2 aromatic rings. The molecule has 0 fully saturated rings. The van der Waals surface area contributed by atoms with E-state index in [0.717, 1.165) is 16.7 Å². The van der Waals surface area contributed by atoms with Crippen LogP contribution in [0.2, 0.25) is 0 Å². The third-order valence-corrected chi connectivity index (χ3v) is 3.59. The van der Waals surface area contributed by atoms with Crippen molar-refractivity contribution in [3.8, 4) is 11.1 Å². The fraction of sp³-hybridized carbons (Fsp3) is 0.0714. The second-order valence-corrected chi connectivity index (χ2v) is 6.71. The Morgan fingerprint density at radius 3 is 2.05 bits per heavy atom. The molecule has 5 heteroatoms. The first kappa shape index (κ1) is 14.6. The average molecular weight is 331 g/mol. The van der Waals surface area contributed by atoms with Crippen LogP contribution in [0.3, 0.4) is 0 Å². The van der Waals surface area contributed by atoms with E-state index in [4.69, 9.17) is 52.8 Å². The van der Waals surface area contributed by atoms with Crippen molar-refractivity contribution in [2.24, 2.45) is 5.73 Å². The quantitative estimate of drug-likeness (QED) is 0.631. The third-order valence-electron chi connectivity index (χ3n) is 2.72. The monoisotopic (exact) mass is 329 g/mol. The highest BCUT2D eigenvalue weighted by Gasteiger charge is 2.22. The van der Waals surface area contributed by atoms with Gasteiger partial charge >= 0.3 is 0 Å². The Kier molecular flexibility index (Phi) is 4.36. The van der Waals surface area contributed by atoms with Gasteiger partial charge in [0.15, 0.2) is 0 Å². The lowest BCUT2D eigenvalue weighted by molar-refractivity contribution is 1.24. The number of nitrogens with two attached hydrogens (primary N) is 1. The predicted octanol–water partition coefficient (Wildman–Crippen LogP) is 4.81. The lowest BCUT2D eigenvalue weighted by Gasteiger charge is -2.13. The molecule has 1 nitrogen and oxygen atoms in total. The van der Waals surface area contributed by atoms with Crippen LogP contribution < -0.4 is 5.73 Å². The molecule has 2 rings (SSSR count). The zero-order valence-electron chi connectivity index (χ0n) is 9.74. The molecule has 0 aliphatic heterocycles. The summed E-state index contributed by atoms with van der Waals surface area (Å²) in [7, 11) is 0. The first-order chi connectivity index (χ1) is 8.89. The van der Waals surface area contributed by atoms with E-state index in [1.165, 1.54) is 0 Å². The fourth-order valence-corrected chi connectivity index (χ4v) is 2.34. The van der Waals surface area contributed by atoms with Gasteiger partial charge in [-0.05, 0) is 11.1 Å². The van der Waals surface area contributed by atoms with Gasteiger partial charge in [-0.3, -0.25) is 0 Å². The van der Waals surface area contributed by atoms with Crippen LogP contribution in [0.15, 0.2) is 48.5 Å². The highest BCUT2D eigenvalue weighted by molar-refractivity contribution is 7.80. The fourth-order valence-electron chi connectivity index (χ4n) is 1.79. The van der Waals surface area contributed by atoms with Crippen LogP contribution in [0.5, 0.6) is 0 Å². The Morgan fingerprint density at radius 2 is 1.53 bits per heavy atom. The molecule has 0 radical (unpaired) electrons. The molecular formula is C14H10Cl3NS. The van der Waals surface area contributed by atoms with Gasteiger partial charge in [-0.2, -0.15) is 0 Å². The first-order valence-electron chi connectivity index (χ1n) is 5.46. The second-order valence-electron chi connectivity index (χ2n) is 3.98. The van der Waals surface area contributed by atoms with Gasteiger partial charge in [-0.25, -0.2) is 0 Å². The van der Waals surface area contributed by atoms with E-state index >= 15 is 0 Å². The molecule has 0 unspecified atom stereocenters. The Bertz CT molecular complexity index is 603. The Labute approximate surface area is 132 Å². The number of rotatable bonds is 2. The standard InChI is InChI=1S/C14H10Cl3NS/c15-14(16,17)10-7-5-9(6-8-10)11-3-1-2-4-12(11)13(18)19/h1-8H,(H2,18,19). The largest absolute Gasteiger partial charge is 0.389 e. The summed E-state index contributed by atoms with van der Waals surface area (Å²) in [4.78, 5) is 0.362. The molecule has 0 aliphatic carbocycles. The van der Waals surface area contributed by atoms with Gasteiger partial charge < -0.3 is 5.73 Å². The zero-order chi connectivity index (χ0) is 14.0. The van der Waals surface area contributed by atoms with Crippen LogP contribution in [0, 0.1) is 0 Å². The number of thiocarbonyl (C=S) groups is 1. The van der Waals surface area contributed by atoms with E-state index in [2.05, 4.69) is 0 Å². The molecule has 2 aromatic carbocycles. The Morgan fingerprint density at radius 1 is 0.947 bits per heavy atom. The minimum atomic E-state index is -1.42. The third kappa shape index (κ3) is 3.40. The molecule has 0 bridgehead atoms. The molecular weight excluding hydrogens is 321 g/mol. The number of hydrogen-bond acceptors (Lipinski definition) is 1. The first-order valence-corrected chi connectivity index (χ1v) is 7.00. The summed E-state index contributed by atoms with van der Waals surface area (Å²) in [6.07, 6.45) is 0. The van der Waals surface area contributed by atoms with E-state index in [1.807, 2.05) is 36.4 Å². The summed E-state index contributed by atoms with van der Waals surface area (Å²) in [6.45, 7) is 0. The molecule has 98 valence electrons.